The van der Waals surface area contributed by atoms with Crippen molar-refractivity contribution in [1.82, 2.24) is 19.3 Å². The molecule has 1 aliphatic carbocycles. The Labute approximate surface area is 211 Å². The molecule has 2 aromatic heterocycles. The summed E-state index contributed by atoms with van der Waals surface area (Å²) in [7, 11) is 4.30. The van der Waals surface area contributed by atoms with Crippen LogP contribution < -0.4 is 4.90 Å². The Hall–Kier alpha value is -3.73. The number of fused-ring (bicyclic) bond motifs is 2. The number of aliphatic hydroxyl groups is 1. The first-order chi connectivity index (χ1) is 17.5. The molecule has 182 valence electrons. The minimum atomic E-state index is -0.431. The second kappa shape index (κ2) is 9.05. The lowest BCUT2D eigenvalue weighted by molar-refractivity contribution is 0.180. The van der Waals surface area contributed by atoms with Gasteiger partial charge in [0, 0.05) is 37.1 Å². The number of hydrogen-bond acceptors (Lipinski definition) is 6. The average Bonchev–Trinajstić information content (AvgIpc) is 3.55. The largest absolute Gasteiger partial charge is 0.388 e. The number of nitriles is 1. The molecule has 1 saturated heterocycles. The maximum atomic E-state index is 10.6. The number of benzene rings is 2. The van der Waals surface area contributed by atoms with Crippen molar-refractivity contribution in [2.45, 2.75) is 37.8 Å². The molecule has 4 aromatic rings. The van der Waals surface area contributed by atoms with Crippen LogP contribution in [0.3, 0.4) is 0 Å². The van der Waals surface area contributed by atoms with Gasteiger partial charge in [0.1, 0.15) is 5.65 Å². The van der Waals surface area contributed by atoms with Crippen LogP contribution in [0, 0.1) is 11.3 Å². The van der Waals surface area contributed by atoms with E-state index >= 15 is 0 Å². The molecule has 1 N–H and O–H groups in total. The lowest BCUT2D eigenvalue weighted by atomic mass is 9.96. The Morgan fingerprint density at radius 2 is 1.78 bits per heavy atom. The molecule has 0 bridgehead atoms. The topological polar surface area (TPSA) is 80.7 Å². The molecule has 7 heteroatoms. The zero-order chi connectivity index (χ0) is 24.8. The SMILES string of the molecule is CN(C)C1CCN(c2nc(-c3ccc(C#N)cc3)c(-c3ccc4c(c3)C(O)CC4)c3nccn23)CC1. The highest BCUT2D eigenvalue weighted by Crippen LogP contribution is 2.40. The Balaban J connectivity index is 1.54. The second-order valence-corrected chi connectivity index (χ2v) is 10.1. The summed E-state index contributed by atoms with van der Waals surface area (Å²) in [5.41, 5.74) is 7.40. The molecule has 2 aromatic carbocycles. The van der Waals surface area contributed by atoms with E-state index in [9.17, 15) is 10.4 Å². The van der Waals surface area contributed by atoms with Gasteiger partial charge < -0.3 is 14.9 Å². The normalized spacial score (nSPS) is 18.1. The van der Waals surface area contributed by atoms with E-state index in [-0.39, 0.29) is 0 Å². The molecule has 0 radical (unpaired) electrons. The van der Waals surface area contributed by atoms with Crippen molar-refractivity contribution in [2.75, 3.05) is 32.1 Å². The number of imidazole rings is 1. The van der Waals surface area contributed by atoms with Crippen LogP contribution in [0.4, 0.5) is 5.95 Å². The maximum absolute atomic E-state index is 10.6. The fourth-order valence-electron chi connectivity index (χ4n) is 5.68. The van der Waals surface area contributed by atoms with Crippen molar-refractivity contribution in [1.29, 1.82) is 5.26 Å². The first kappa shape index (κ1) is 22.7. The van der Waals surface area contributed by atoms with Gasteiger partial charge in [0.15, 0.2) is 0 Å². The number of aryl methyl sites for hydroxylation is 1. The molecule has 36 heavy (non-hydrogen) atoms. The molecule has 3 heterocycles. The van der Waals surface area contributed by atoms with Crippen LogP contribution in [0.25, 0.3) is 28.0 Å². The molecule has 6 rings (SSSR count). The third-order valence-corrected chi connectivity index (χ3v) is 7.77. The van der Waals surface area contributed by atoms with E-state index in [0.717, 1.165) is 78.3 Å². The van der Waals surface area contributed by atoms with Gasteiger partial charge in [0.2, 0.25) is 5.95 Å². The van der Waals surface area contributed by atoms with E-state index in [1.807, 2.05) is 36.7 Å². The van der Waals surface area contributed by atoms with Gasteiger partial charge in [-0.1, -0.05) is 24.3 Å². The molecule has 1 fully saturated rings. The highest BCUT2D eigenvalue weighted by Gasteiger charge is 2.27. The van der Waals surface area contributed by atoms with Gasteiger partial charge in [-0.05, 0) is 74.7 Å². The van der Waals surface area contributed by atoms with Crippen LogP contribution in [0.1, 0.15) is 42.1 Å². The minimum Gasteiger partial charge on any atom is -0.388 e. The highest BCUT2D eigenvalue weighted by atomic mass is 16.3. The molecular weight excluding hydrogens is 448 g/mol. The Kier molecular flexibility index (Phi) is 5.71. The molecule has 2 aliphatic rings. The molecule has 1 aliphatic heterocycles. The molecule has 0 saturated carbocycles. The molecule has 0 amide bonds. The van der Waals surface area contributed by atoms with E-state index in [1.54, 1.807) is 0 Å². The van der Waals surface area contributed by atoms with Crippen molar-refractivity contribution in [2.24, 2.45) is 0 Å². The third kappa shape index (κ3) is 3.83. The molecule has 1 unspecified atom stereocenters. The smallest absolute Gasteiger partial charge is 0.211 e. The predicted molar refractivity (Wildman–Crippen MR) is 141 cm³/mol. The number of aromatic nitrogens is 3. The van der Waals surface area contributed by atoms with Gasteiger partial charge in [0.25, 0.3) is 0 Å². The van der Waals surface area contributed by atoms with Gasteiger partial charge in [-0.2, -0.15) is 5.26 Å². The Morgan fingerprint density at radius 1 is 1.03 bits per heavy atom. The second-order valence-electron chi connectivity index (χ2n) is 10.1. The summed E-state index contributed by atoms with van der Waals surface area (Å²) < 4.78 is 2.10. The summed E-state index contributed by atoms with van der Waals surface area (Å²) in [6, 6.07) is 16.8. The van der Waals surface area contributed by atoms with E-state index in [0.29, 0.717) is 11.6 Å². The molecule has 0 spiro atoms. The average molecular weight is 479 g/mol. The number of anilines is 1. The fourth-order valence-corrected chi connectivity index (χ4v) is 5.68. The summed E-state index contributed by atoms with van der Waals surface area (Å²) in [6.07, 6.45) is 7.23. The lowest BCUT2D eigenvalue weighted by Crippen LogP contribution is -2.43. The summed E-state index contributed by atoms with van der Waals surface area (Å²) in [5, 5.41) is 19.9. The standard InChI is InChI=1S/C29H30N6O/c1-33(2)23-11-14-34(15-12-23)29-32-27(21-5-3-19(18-30)4-6-21)26(28-31-13-16-35(28)29)22-8-7-20-9-10-25(36)24(20)17-22/h3-8,13,16-17,23,25,36H,9-12,14-15H2,1-2H3. The molecule has 7 nitrogen and oxygen atoms in total. The zero-order valence-corrected chi connectivity index (χ0v) is 20.7. The third-order valence-electron chi connectivity index (χ3n) is 7.77. The summed E-state index contributed by atoms with van der Waals surface area (Å²) in [5.74, 6) is 0.893. The van der Waals surface area contributed by atoms with Gasteiger partial charge in [-0.15, -0.1) is 0 Å². The first-order valence-corrected chi connectivity index (χ1v) is 12.6. The number of hydrogen-bond donors (Lipinski definition) is 1. The van der Waals surface area contributed by atoms with E-state index in [1.165, 1.54) is 5.56 Å². The number of aliphatic hydroxyl groups excluding tert-OH is 1. The quantitative estimate of drug-likeness (QED) is 0.467. The van der Waals surface area contributed by atoms with Crippen LogP contribution in [0.15, 0.2) is 54.9 Å². The fraction of sp³-hybridized carbons (Fsp3) is 0.345. The van der Waals surface area contributed by atoms with Crippen LogP contribution in [-0.4, -0.2) is 57.6 Å². The van der Waals surface area contributed by atoms with Gasteiger partial charge in [-0.3, -0.25) is 4.40 Å². The van der Waals surface area contributed by atoms with Gasteiger partial charge >= 0.3 is 0 Å². The molecule has 1 atom stereocenters. The maximum Gasteiger partial charge on any atom is 0.211 e. The highest BCUT2D eigenvalue weighted by molar-refractivity contribution is 5.91. The van der Waals surface area contributed by atoms with Gasteiger partial charge in [-0.25, -0.2) is 9.97 Å². The number of nitrogens with zero attached hydrogens (tertiary/aromatic N) is 6. The number of rotatable bonds is 4. The minimum absolute atomic E-state index is 0.431. The number of piperidine rings is 1. The summed E-state index contributed by atoms with van der Waals surface area (Å²) >= 11 is 0. The Morgan fingerprint density at radius 3 is 2.50 bits per heavy atom. The van der Waals surface area contributed by atoms with Crippen LogP contribution in [-0.2, 0) is 6.42 Å². The lowest BCUT2D eigenvalue weighted by Gasteiger charge is -2.36. The van der Waals surface area contributed by atoms with E-state index in [4.69, 9.17) is 9.97 Å². The van der Waals surface area contributed by atoms with Crippen molar-refractivity contribution in [3.05, 3.63) is 71.5 Å². The van der Waals surface area contributed by atoms with Crippen LogP contribution in [0.2, 0.25) is 0 Å². The van der Waals surface area contributed by atoms with Crippen LogP contribution in [0.5, 0.6) is 0 Å². The molecular formula is C29H30N6O. The zero-order valence-electron chi connectivity index (χ0n) is 20.7. The van der Waals surface area contributed by atoms with Crippen molar-refractivity contribution < 1.29 is 5.11 Å². The van der Waals surface area contributed by atoms with Crippen molar-refractivity contribution >= 4 is 11.6 Å². The van der Waals surface area contributed by atoms with Crippen LogP contribution >= 0.6 is 0 Å². The van der Waals surface area contributed by atoms with Crippen molar-refractivity contribution in [3.63, 3.8) is 0 Å². The first-order valence-electron chi connectivity index (χ1n) is 12.6. The van der Waals surface area contributed by atoms with E-state index in [2.05, 4.69) is 52.6 Å². The van der Waals surface area contributed by atoms with E-state index < -0.39 is 6.10 Å². The summed E-state index contributed by atoms with van der Waals surface area (Å²) in [4.78, 5) is 14.7. The monoisotopic (exact) mass is 478 g/mol. The Bertz CT molecular complexity index is 1460. The predicted octanol–water partition coefficient (Wildman–Crippen LogP) is 4.44. The summed E-state index contributed by atoms with van der Waals surface area (Å²) in [6.45, 7) is 1.86. The van der Waals surface area contributed by atoms with Crippen molar-refractivity contribution in [3.8, 4) is 28.5 Å². The van der Waals surface area contributed by atoms with Gasteiger partial charge in [0.05, 0.1) is 29.0 Å².